The van der Waals surface area contributed by atoms with E-state index < -0.39 is 26.4 Å². The van der Waals surface area contributed by atoms with Crippen LogP contribution in [0.2, 0.25) is 0 Å². The summed E-state index contributed by atoms with van der Waals surface area (Å²) in [7, 11) is -1.73. The highest BCUT2D eigenvalue weighted by atomic mass is 32.2. The van der Waals surface area contributed by atoms with Crippen LogP contribution in [0.5, 0.6) is 0 Å². The number of amides is 1. The zero-order valence-electron chi connectivity index (χ0n) is 23.8. The van der Waals surface area contributed by atoms with Gasteiger partial charge in [0, 0.05) is 49.1 Å². The molecule has 0 bridgehead atoms. The number of hydrogen-bond acceptors (Lipinski definition) is 8. The summed E-state index contributed by atoms with van der Waals surface area (Å²) in [6.07, 6.45) is 4.10. The van der Waals surface area contributed by atoms with Gasteiger partial charge in [-0.2, -0.15) is 0 Å². The Morgan fingerprint density at radius 3 is 2.62 bits per heavy atom. The number of carbonyl (C=O) groups excluding carboxylic acids is 1. The average molecular weight is 598 g/mol. The van der Waals surface area contributed by atoms with Gasteiger partial charge in [0.1, 0.15) is 10.6 Å². The Balaban J connectivity index is 1.43. The lowest BCUT2D eigenvalue weighted by molar-refractivity contribution is -0.123. The smallest absolute Gasteiger partial charge is 0.241 e. The van der Waals surface area contributed by atoms with Crippen molar-refractivity contribution in [1.29, 1.82) is 0 Å². The van der Waals surface area contributed by atoms with Crippen LogP contribution in [-0.4, -0.2) is 84.1 Å². The van der Waals surface area contributed by atoms with Crippen molar-refractivity contribution in [2.45, 2.75) is 37.2 Å². The van der Waals surface area contributed by atoms with E-state index in [0.29, 0.717) is 28.6 Å². The summed E-state index contributed by atoms with van der Waals surface area (Å²) < 4.78 is 53.7. The molecule has 0 saturated carbocycles. The molecular weight excluding hydrogens is 564 g/mol. The Bertz CT molecular complexity index is 1740. The quantitative estimate of drug-likeness (QED) is 0.273. The first-order valence-electron chi connectivity index (χ1n) is 13.6. The number of anilines is 3. The van der Waals surface area contributed by atoms with E-state index in [1.807, 2.05) is 6.92 Å². The van der Waals surface area contributed by atoms with E-state index in [1.54, 1.807) is 24.4 Å². The molecule has 0 aliphatic carbocycles. The minimum atomic E-state index is -3.81. The SMILES string of the molecule is CC[C@H](C(=O)Nc1cccc2c(-c3nc(Nc4cccc(S(C)(=O)=O)c4F)ncc3F)c[nH]c12)N1CCN(C)C[C@H]1C. The molecule has 0 unspecified atom stereocenters. The highest BCUT2D eigenvalue weighted by Crippen LogP contribution is 2.34. The maximum atomic E-state index is 15.0. The lowest BCUT2D eigenvalue weighted by Gasteiger charge is -2.42. The first kappa shape index (κ1) is 29.5. The summed E-state index contributed by atoms with van der Waals surface area (Å²) in [5.74, 6) is -1.94. The number of nitrogens with one attached hydrogen (secondary N) is 3. The van der Waals surface area contributed by atoms with Crippen LogP contribution < -0.4 is 10.6 Å². The second-order valence-corrected chi connectivity index (χ2v) is 12.6. The molecule has 2 aromatic heterocycles. The van der Waals surface area contributed by atoms with Crippen molar-refractivity contribution in [1.82, 2.24) is 24.8 Å². The molecule has 10 nitrogen and oxygen atoms in total. The molecule has 1 saturated heterocycles. The molecule has 1 amide bonds. The van der Waals surface area contributed by atoms with Crippen molar-refractivity contribution in [2.24, 2.45) is 0 Å². The summed E-state index contributed by atoms with van der Waals surface area (Å²) in [5, 5.41) is 6.32. The second-order valence-electron chi connectivity index (χ2n) is 10.6. The van der Waals surface area contributed by atoms with E-state index in [0.717, 1.165) is 38.2 Å². The number of aromatic nitrogens is 3. The van der Waals surface area contributed by atoms with Crippen LogP contribution in [0.4, 0.5) is 26.1 Å². The molecular formula is C29H33F2N7O3S. The molecule has 0 radical (unpaired) electrons. The van der Waals surface area contributed by atoms with E-state index in [-0.39, 0.29) is 35.3 Å². The number of nitrogens with zero attached hydrogens (tertiary/aromatic N) is 4. The number of benzene rings is 2. The lowest BCUT2D eigenvalue weighted by atomic mass is 10.1. The fourth-order valence-electron chi connectivity index (χ4n) is 5.49. The average Bonchev–Trinajstić information content (AvgIpc) is 3.37. The molecule has 13 heteroatoms. The number of halogens is 2. The van der Waals surface area contributed by atoms with Crippen LogP contribution in [0.15, 0.2) is 53.7 Å². The number of carbonyl (C=O) groups is 1. The predicted molar refractivity (Wildman–Crippen MR) is 158 cm³/mol. The number of para-hydroxylation sites is 1. The molecule has 0 spiro atoms. The Labute approximate surface area is 243 Å². The first-order chi connectivity index (χ1) is 20.0. The second kappa shape index (κ2) is 11.7. The third-order valence-corrected chi connectivity index (χ3v) is 8.67. The third-order valence-electron chi connectivity index (χ3n) is 7.55. The number of likely N-dealkylation sites (N-methyl/N-ethyl adjacent to an activating group) is 1. The topological polar surface area (TPSA) is 123 Å². The van der Waals surface area contributed by atoms with Gasteiger partial charge < -0.3 is 20.5 Å². The van der Waals surface area contributed by atoms with Gasteiger partial charge in [-0.1, -0.05) is 25.1 Å². The van der Waals surface area contributed by atoms with Crippen molar-refractivity contribution in [2.75, 3.05) is 43.6 Å². The molecule has 4 aromatic rings. The Hall–Kier alpha value is -3.94. The number of sulfone groups is 1. The molecule has 1 fully saturated rings. The number of rotatable bonds is 8. The molecule has 1 aliphatic rings. The summed E-state index contributed by atoms with van der Waals surface area (Å²) in [6.45, 7) is 6.69. The minimum Gasteiger partial charge on any atom is -0.359 e. The zero-order valence-corrected chi connectivity index (χ0v) is 24.6. The highest BCUT2D eigenvalue weighted by Gasteiger charge is 2.32. The Morgan fingerprint density at radius 1 is 1.17 bits per heavy atom. The molecule has 3 N–H and O–H groups in total. The number of aromatic amines is 1. The van der Waals surface area contributed by atoms with Crippen LogP contribution in [-0.2, 0) is 14.6 Å². The molecule has 42 heavy (non-hydrogen) atoms. The fourth-order valence-corrected chi connectivity index (χ4v) is 6.25. The molecule has 2 aromatic carbocycles. The van der Waals surface area contributed by atoms with Gasteiger partial charge in [0.25, 0.3) is 0 Å². The normalized spacial score (nSPS) is 17.3. The van der Waals surface area contributed by atoms with Gasteiger partial charge in [-0.25, -0.2) is 27.2 Å². The molecule has 3 heterocycles. The summed E-state index contributed by atoms with van der Waals surface area (Å²) in [5.41, 5.74) is 1.34. The first-order valence-corrected chi connectivity index (χ1v) is 15.5. The van der Waals surface area contributed by atoms with Crippen molar-refractivity contribution in [3.05, 3.63) is 60.4 Å². The lowest BCUT2D eigenvalue weighted by Crippen LogP contribution is -2.57. The monoisotopic (exact) mass is 597 g/mol. The van der Waals surface area contributed by atoms with Crippen LogP contribution in [0, 0.1) is 11.6 Å². The largest absolute Gasteiger partial charge is 0.359 e. The molecule has 5 rings (SSSR count). The number of H-pyrrole nitrogens is 1. The van der Waals surface area contributed by atoms with E-state index in [4.69, 9.17) is 0 Å². The van der Waals surface area contributed by atoms with Gasteiger partial charge in [0.05, 0.1) is 29.1 Å². The van der Waals surface area contributed by atoms with Crippen LogP contribution in [0.1, 0.15) is 20.3 Å². The zero-order chi connectivity index (χ0) is 30.2. The van der Waals surface area contributed by atoms with Crippen LogP contribution in [0.25, 0.3) is 22.2 Å². The number of fused-ring (bicyclic) bond motifs is 1. The van der Waals surface area contributed by atoms with Gasteiger partial charge in [0.15, 0.2) is 21.5 Å². The van der Waals surface area contributed by atoms with Gasteiger partial charge in [-0.05, 0) is 38.6 Å². The maximum Gasteiger partial charge on any atom is 0.241 e. The third kappa shape index (κ3) is 5.85. The number of piperazine rings is 1. The predicted octanol–water partition coefficient (Wildman–Crippen LogP) is 4.40. The van der Waals surface area contributed by atoms with Crippen LogP contribution >= 0.6 is 0 Å². The molecule has 2 atom stereocenters. The molecule has 222 valence electrons. The highest BCUT2D eigenvalue weighted by molar-refractivity contribution is 7.90. The molecule has 1 aliphatic heterocycles. The van der Waals surface area contributed by atoms with E-state index >= 15 is 4.39 Å². The van der Waals surface area contributed by atoms with E-state index in [1.165, 1.54) is 12.1 Å². The summed E-state index contributed by atoms with van der Waals surface area (Å²) in [4.78, 5) is 28.8. The van der Waals surface area contributed by atoms with Gasteiger partial charge >= 0.3 is 0 Å². The van der Waals surface area contributed by atoms with Crippen LogP contribution in [0.3, 0.4) is 0 Å². The Kier molecular flexibility index (Phi) is 8.26. The van der Waals surface area contributed by atoms with E-state index in [9.17, 15) is 17.6 Å². The van der Waals surface area contributed by atoms with Crippen molar-refractivity contribution in [3.8, 4) is 11.3 Å². The number of hydrogen-bond donors (Lipinski definition) is 3. The van der Waals surface area contributed by atoms with Gasteiger partial charge in [-0.3, -0.25) is 9.69 Å². The van der Waals surface area contributed by atoms with Crippen molar-refractivity contribution in [3.63, 3.8) is 0 Å². The van der Waals surface area contributed by atoms with Gasteiger partial charge in [-0.15, -0.1) is 0 Å². The maximum absolute atomic E-state index is 15.0. The van der Waals surface area contributed by atoms with Gasteiger partial charge in [0.2, 0.25) is 11.9 Å². The van der Waals surface area contributed by atoms with E-state index in [2.05, 4.69) is 49.4 Å². The minimum absolute atomic E-state index is 0.0559. The summed E-state index contributed by atoms with van der Waals surface area (Å²) >= 11 is 0. The Morgan fingerprint density at radius 2 is 1.90 bits per heavy atom. The van der Waals surface area contributed by atoms with Crippen molar-refractivity contribution >= 4 is 44.0 Å². The fraction of sp³-hybridized carbons (Fsp3) is 0.345. The standard InChI is InChI=1S/C29H33F2N7O3S/c1-5-23(38-13-12-37(3)16-17(38)2)28(39)34-22-10-6-8-18-19(14-32-27(18)22)26-20(30)15-33-29(36-26)35-21-9-7-11-24(25(21)31)42(4,40)41/h6-11,14-15,17,23,32H,5,12-13,16H2,1-4H3,(H,34,39)(H,33,35,36)/t17-,23-/m1/s1. The van der Waals surface area contributed by atoms with Crippen molar-refractivity contribution < 1.29 is 22.0 Å². The summed E-state index contributed by atoms with van der Waals surface area (Å²) in [6, 6.07) is 9.13.